The number of fused-ring (bicyclic) bond motifs is 1. The molecule has 0 aromatic carbocycles. The van der Waals surface area contributed by atoms with Crippen molar-refractivity contribution in [1.29, 1.82) is 0 Å². The van der Waals surface area contributed by atoms with Crippen molar-refractivity contribution in [2.24, 2.45) is 0 Å². The predicted octanol–water partition coefficient (Wildman–Crippen LogP) is 0.997. The molecule has 3 rings (SSSR count). The van der Waals surface area contributed by atoms with Crippen molar-refractivity contribution in [2.45, 2.75) is 24.9 Å². The summed E-state index contributed by atoms with van der Waals surface area (Å²) in [5, 5.41) is 3.73. The summed E-state index contributed by atoms with van der Waals surface area (Å²) in [5.41, 5.74) is 0.712. The fraction of sp³-hybridized carbons (Fsp3) is 0.583. The number of carbonyl (C=O) groups excluding carboxylic acids is 1. The van der Waals surface area contributed by atoms with E-state index in [1.807, 2.05) is 21.7 Å². The smallest absolute Gasteiger partial charge is 0.255 e. The van der Waals surface area contributed by atoms with E-state index in [2.05, 4.69) is 0 Å². The van der Waals surface area contributed by atoms with Gasteiger partial charge in [0.05, 0.1) is 11.8 Å². The van der Waals surface area contributed by atoms with Crippen LogP contribution in [0.4, 0.5) is 0 Å². The highest BCUT2D eigenvalue weighted by Gasteiger charge is 2.47. The van der Waals surface area contributed by atoms with Gasteiger partial charge in [-0.2, -0.15) is 15.6 Å². The van der Waals surface area contributed by atoms with Crippen LogP contribution in [0.5, 0.6) is 0 Å². The van der Waals surface area contributed by atoms with Crippen LogP contribution >= 0.6 is 11.3 Å². The van der Waals surface area contributed by atoms with Crippen molar-refractivity contribution in [2.75, 3.05) is 19.3 Å². The zero-order valence-electron chi connectivity index (χ0n) is 10.7. The number of hydrogen-bond acceptors (Lipinski definition) is 4. The molecule has 0 radical (unpaired) electrons. The van der Waals surface area contributed by atoms with Crippen LogP contribution in [0.15, 0.2) is 16.8 Å². The Balaban J connectivity index is 1.81. The normalized spacial score (nSPS) is 27.7. The van der Waals surface area contributed by atoms with Crippen LogP contribution in [0.2, 0.25) is 0 Å². The molecule has 19 heavy (non-hydrogen) atoms. The molecule has 1 amide bonds. The Morgan fingerprint density at radius 2 is 2.05 bits per heavy atom. The molecule has 0 saturated carbocycles. The van der Waals surface area contributed by atoms with E-state index in [9.17, 15) is 13.2 Å². The first kappa shape index (κ1) is 13.1. The maximum atomic E-state index is 12.4. The standard InChI is InChI=1S/C12H16N2O3S2/c1-19(16,17)14-6-3-10-11(14)2-5-13(10)12(15)9-4-7-18-8-9/h4,7-8,10-11H,2-3,5-6H2,1H3/t10-,11+/m1/s1. The van der Waals surface area contributed by atoms with E-state index in [0.717, 1.165) is 12.8 Å². The molecular weight excluding hydrogens is 284 g/mol. The molecule has 1 aromatic rings. The Kier molecular flexibility index (Phi) is 3.15. The molecular formula is C12H16N2O3S2. The van der Waals surface area contributed by atoms with Crippen molar-refractivity contribution >= 4 is 27.3 Å². The Morgan fingerprint density at radius 3 is 2.68 bits per heavy atom. The minimum atomic E-state index is -3.16. The Bertz CT molecular complexity index is 582. The van der Waals surface area contributed by atoms with E-state index in [1.165, 1.54) is 17.6 Å². The van der Waals surface area contributed by atoms with E-state index in [4.69, 9.17) is 0 Å². The fourth-order valence-electron chi connectivity index (χ4n) is 3.16. The van der Waals surface area contributed by atoms with Crippen LogP contribution < -0.4 is 0 Å². The highest BCUT2D eigenvalue weighted by Crippen LogP contribution is 2.34. The monoisotopic (exact) mass is 300 g/mol. The summed E-state index contributed by atoms with van der Waals surface area (Å²) < 4.78 is 25.0. The summed E-state index contributed by atoms with van der Waals surface area (Å²) in [6.45, 7) is 1.18. The summed E-state index contributed by atoms with van der Waals surface area (Å²) in [6, 6.07) is 1.84. The number of hydrogen-bond donors (Lipinski definition) is 0. The van der Waals surface area contributed by atoms with Gasteiger partial charge in [0.15, 0.2) is 0 Å². The van der Waals surface area contributed by atoms with Crippen molar-refractivity contribution in [1.82, 2.24) is 9.21 Å². The third kappa shape index (κ3) is 2.19. The molecule has 2 aliphatic heterocycles. The summed E-state index contributed by atoms with van der Waals surface area (Å²) in [4.78, 5) is 14.2. The van der Waals surface area contributed by atoms with Crippen molar-refractivity contribution in [3.8, 4) is 0 Å². The lowest BCUT2D eigenvalue weighted by atomic mass is 10.1. The first-order valence-electron chi connectivity index (χ1n) is 6.28. The number of likely N-dealkylation sites (tertiary alicyclic amines) is 1. The average Bonchev–Trinajstić information content (AvgIpc) is 3.03. The van der Waals surface area contributed by atoms with Crippen LogP contribution in [0, 0.1) is 0 Å². The minimum Gasteiger partial charge on any atom is -0.334 e. The second kappa shape index (κ2) is 4.57. The molecule has 0 N–H and O–H groups in total. The van der Waals surface area contributed by atoms with E-state index in [-0.39, 0.29) is 18.0 Å². The van der Waals surface area contributed by atoms with Crippen molar-refractivity contribution < 1.29 is 13.2 Å². The molecule has 2 aliphatic rings. The van der Waals surface area contributed by atoms with Gasteiger partial charge in [-0.3, -0.25) is 4.79 Å². The van der Waals surface area contributed by atoms with Gasteiger partial charge in [-0.1, -0.05) is 0 Å². The highest BCUT2D eigenvalue weighted by molar-refractivity contribution is 7.88. The van der Waals surface area contributed by atoms with Crippen LogP contribution in [-0.2, 0) is 10.0 Å². The quantitative estimate of drug-likeness (QED) is 0.818. The van der Waals surface area contributed by atoms with Gasteiger partial charge in [-0.25, -0.2) is 8.42 Å². The number of rotatable bonds is 2. The van der Waals surface area contributed by atoms with Crippen LogP contribution in [0.25, 0.3) is 0 Å². The number of amides is 1. The van der Waals surface area contributed by atoms with Crippen molar-refractivity contribution in [3.05, 3.63) is 22.4 Å². The summed E-state index contributed by atoms with van der Waals surface area (Å²) in [6.07, 6.45) is 2.74. The average molecular weight is 300 g/mol. The highest BCUT2D eigenvalue weighted by atomic mass is 32.2. The van der Waals surface area contributed by atoms with E-state index in [1.54, 1.807) is 4.31 Å². The van der Waals surface area contributed by atoms with E-state index >= 15 is 0 Å². The number of carbonyl (C=O) groups is 1. The van der Waals surface area contributed by atoms with Gasteiger partial charge in [0.25, 0.3) is 5.91 Å². The fourth-order valence-corrected chi connectivity index (χ4v) is 4.97. The molecule has 7 heteroatoms. The third-order valence-corrected chi connectivity index (χ3v) is 5.97. The van der Waals surface area contributed by atoms with Crippen molar-refractivity contribution in [3.63, 3.8) is 0 Å². The lowest BCUT2D eigenvalue weighted by molar-refractivity contribution is 0.0735. The van der Waals surface area contributed by atoms with Gasteiger partial charge in [-0.15, -0.1) is 0 Å². The first-order chi connectivity index (χ1) is 8.98. The SMILES string of the molecule is CS(=O)(=O)N1CC[C@@H]2[C@@H]1CCN2C(=O)c1ccsc1. The number of thiophene rings is 1. The Labute approximate surface area is 116 Å². The molecule has 3 heterocycles. The molecule has 2 fully saturated rings. The molecule has 2 atom stereocenters. The Hall–Kier alpha value is -0.920. The van der Waals surface area contributed by atoms with Crippen LogP contribution in [-0.4, -0.2) is 55.0 Å². The second-order valence-electron chi connectivity index (χ2n) is 5.10. The van der Waals surface area contributed by atoms with Gasteiger partial charge in [-0.05, 0) is 24.3 Å². The lowest BCUT2D eigenvalue weighted by Gasteiger charge is -2.24. The van der Waals surface area contributed by atoms with Gasteiger partial charge >= 0.3 is 0 Å². The van der Waals surface area contributed by atoms with Gasteiger partial charge in [0.1, 0.15) is 0 Å². The zero-order valence-corrected chi connectivity index (χ0v) is 12.3. The van der Waals surface area contributed by atoms with E-state index in [0.29, 0.717) is 18.7 Å². The van der Waals surface area contributed by atoms with Gasteiger partial charge in [0.2, 0.25) is 10.0 Å². The van der Waals surface area contributed by atoms with Gasteiger partial charge in [0, 0.05) is 30.6 Å². The van der Waals surface area contributed by atoms with Crippen LogP contribution in [0.3, 0.4) is 0 Å². The number of nitrogens with zero attached hydrogens (tertiary/aromatic N) is 2. The summed E-state index contributed by atoms with van der Waals surface area (Å²) in [5.74, 6) is 0.0316. The Morgan fingerprint density at radius 1 is 1.32 bits per heavy atom. The molecule has 0 unspecified atom stereocenters. The minimum absolute atomic E-state index is 0.0300. The lowest BCUT2D eigenvalue weighted by Crippen LogP contribution is -2.41. The van der Waals surface area contributed by atoms with Crippen LogP contribution in [0.1, 0.15) is 23.2 Å². The predicted molar refractivity (Wildman–Crippen MR) is 73.7 cm³/mol. The molecule has 2 saturated heterocycles. The molecule has 1 aromatic heterocycles. The molecule has 104 valence electrons. The third-order valence-electron chi connectivity index (χ3n) is 3.98. The first-order valence-corrected chi connectivity index (χ1v) is 9.07. The maximum Gasteiger partial charge on any atom is 0.255 e. The zero-order chi connectivity index (χ0) is 13.6. The second-order valence-corrected chi connectivity index (χ2v) is 7.81. The molecule has 0 spiro atoms. The van der Waals surface area contributed by atoms with E-state index < -0.39 is 10.0 Å². The van der Waals surface area contributed by atoms with Gasteiger partial charge < -0.3 is 4.90 Å². The number of sulfonamides is 1. The summed E-state index contributed by atoms with van der Waals surface area (Å²) in [7, 11) is -3.16. The maximum absolute atomic E-state index is 12.4. The summed E-state index contributed by atoms with van der Waals surface area (Å²) >= 11 is 1.50. The largest absolute Gasteiger partial charge is 0.334 e. The molecule has 0 aliphatic carbocycles. The topological polar surface area (TPSA) is 57.7 Å². The molecule has 0 bridgehead atoms. The molecule has 5 nitrogen and oxygen atoms in total.